The first-order valence-electron chi connectivity index (χ1n) is 12.7. The normalized spacial score (nSPS) is 21.6. The predicted octanol–water partition coefficient (Wildman–Crippen LogP) is 4.89. The quantitative estimate of drug-likeness (QED) is 0.265. The zero-order valence-electron chi connectivity index (χ0n) is 22.5. The molecule has 0 radical (unpaired) electrons. The van der Waals surface area contributed by atoms with Gasteiger partial charge in [-0.25, -0.2) is 4.79 Å². The lowest BCUT2D eigenvalue weighted by atomic mass is 9.93. The Labute approximate surface area is 224 Å². The van der Waals surface area contributed by atoms with Gasteiger partial charge in [-0.2, -0.15) is 0 Å². The average molecular weight is 527 g/mol. The Morgan fingerprint density at radius 3 is 2.42 bits per heavy atom. The highest BCUT2D eigenvalue weighted by Gasteiger charge is 2.43. The van der Waals surface area contributed by atoms with Gasteiger partial charge in [-0.05, 0) is 50.3 Å². The third kappa shape index (κ3) is 7.52. The Morgan fingerprint density at radius 1 is 1.08 bits per heavy atom. The van der Waals surface area contributed by atoms with Crippen molar-refractivity contribution in [2.75, 3.05) is 13.9 Å². The molecule has 1 unspecified atom stereocenters. The number of hydrogen-bond donors (Lipinski definition) is 3. The summed E-state index contributed by atoms with van der Waals surface area (Å²) >= 11 is 0. The lowest BCUT2D eigenvalue weighted by Crippen LogP contribution is -2.34. The van der Waals surface area contributed by atoms with E-state index in [1.165, 1.54) is 7.11 Å². The van der Waals surface area contributed by atoms with Gasteiger partial charge in [0.1, 0.15) is 23.5 Å². The third-order valence-electron chi connectivity index (χ3n) is 6.42. The van der Waals surface area contributed by atoms with Crippen molar-refractivity contribution in [2.45, 2.75) is 64.3 Å². The molecule has 3 N–H and O–H groups in total. The molecule has 1 aliphatic heterocycles. The van der Waals surface area contributed by atoms with Crippen LogP contribution in [0.5, 0.6) is 5.75 Å². The molecule has 3 rings (SSSR count). The number of aromatic carboxylic acids is 1. The average Bonchev–Trinajstić information content (AvgIpc) is 3.20. The van der Waals surface area contributed by atoms with Crippen LogP contribution in [0, 0.1) is 5.92 Å². The summed E-state index contributed by atoms with van der Waals surface area (Å²) in [6, 6.07) is 13.0. The van der Waals surface area contributed by atoms with Crippen molar-refractivity contribution in [2.24, 2.45) is 5.92 Å². The largest absolute Gasteiger partial charge is 0.478 e. The fraction of sp³-hybridized carbons (Fsp3) is 0.433. The van der Waals surface area contributed by atoms with E-state index in [1.54, 1.807) is 45.1 Å². The molecule has 0 saturated carbocycles. The van der Waals surface area contributed by atoms with Crippen molar-refractivity contribution < 1.29 is 39.1 Å². The highest BCUT2D eigenvalue weighted by molar-refractivity contribution is 5.99. The maximum absolute atomic E-state index is 12.4. The summed E-state index contributed by atoms with van der Waals surface area (Å²) in [5.41, 5.74) is 2.10. The summed E-state index contributed by atoms with van der Waals surface area (Å²) in [7, 11) is 1.47. The van der Waals surface area contributed by atoms with Gasteiger partial charge < -0.3 is 34.3 Å². The van der Waals surface area contributed by atoms with Crippen molar-refractivity contribution in [3.63, 3.8) is 0 Å². The molecule has 1 saturated heterocycles. The number of hydrogen-bond acceptors (Lipinski definition) is 7. The van der Waals surface area contributed by atoms with Gasteiger partial charge in [0.05, 0.1) is 12.2 Å². The number of rotatable bonds is 12. The van der Waals surface area contributed by atoms with Crippen molar-refractivity contribution in [3.05, 3.63) is 71.8 Å². The molecule has 0 amide bonds. The Hall–Kier alpha value is -3.01. The summed E-state index contributed by atoms with van der Waals surface area (Å²) in [5.74, 6) is -1.95. The highest BCUT2D eigenvalue weighted by Crippen LogP contribution is 2.35. The van der Waals surface area contributed by atoms with Crippen molar-refractivity contribution in [3.8, 4) is 16.9 Å². The van der Waals surface area contributed by atoms with E-state index in [2.05, 4.69) is 0 Å². The molecule has 0 bridgehead atoms. The van der Waals surface area contributed by atoms with E-state index >= 15 is 0 Å². The zero-order chi connectivity index (χ0) is 27.9. The number of carboxylic acids is 1. The van der Waals surface area contributed by atoms with Crippen LogP contribution < -0.4 is 4.74 Å². The number of carbonyl (C=O) groups is 1. The van der Waals surface area contributed by atoms with Crippen molar-refractivity contribution in [1.29, 1.82) is 0 Å². The zero-order valence-corrected chi connectivity index (χ0v) is 22.5. The first-order chi connectivity index (χ1) is 18.0. The van der Waals surface area contributed by atoms with Gasteiger partial charge in [-0.3, -0.25) is 0 Å². The second-order valence-corrected chi connectivity index (χ2v) is 9.87. The molecule has 1 aliphatic rings. The summed E-state index contributed by atoms with van der Waals surface area (Å²) in [4.78, 5) is 12.4. The Balaban J connectivity index is 1.93. The van der Waals surface area contributed by atoms with Crippen LogP contribution in [0.1, 0.15) is 50.0 Å². The van der Waals surface area contributed by atoms with E-state index in [0.717, 1.165) is 11.1 Å². The molecule has 0 spiro atoms. The Bertz CT molecular complexity index is 1120. The van der Waals surface area contributed by atoms with Gasteiger partial charge in [0.2, 0.25) is 0 Å². The van der Waals surface area contributed by atoms with Crippen LogP contribution in [0.25, 0.3) is 17.2 Å². The van der Waals surface area contributed by atoms with Gasteiger partial charge in [0, 0.05) is 12.7 Å². The summed E-state index contributed by atoms with van der Waals surface area (Å²) < 4.78 is 22.6. The van der Waals surface area contributed by atoms with Crippen LogP contribution in [0.3, 0.4) is 0 Å². The molecule has 8 nitrogen and oxygen atoms in total. The lowest BCUT2D eigenvalue weighted by Gasteiger charge is -2.20. The number of aliphatic hydroxyl groups is 2. The minimum absolute atomic E-state index is 0.0233. The molecule has 2 aromatic rings. The van der Waals surface area contributed by atoms with Crippen LogP contribution in [0.4, 0.5) is 0 Å². The molecular weight excluding hydrogens is 488 g/mol. The fourth-order valence-electron chi connectivity index (χ4n) is 4.32. The Kier molecular flexibility index (Phi) is 10.2. The monoisotopic (exact) mass is 526 g/mol. The smallest absolute Gasteiger partial charge is 0.340 e. The third-order valence-corrected chi connectivity index (χ3v) is 6.42. The van der Waals surface area contributed by atoms with Crippen LogP contribution in [0.15, 0.2) is 60.7 Å². The molecule has 1 heterocycles. The number of ether oxygens (including phenoxy) is 4. The van der Waals surface area contributed by atoms with Crippen LogP contribution in [-0.4, -0.2) is 65.4 Å². The second kappa shape index (κ2) is 13.2. The number of benzene rings is 2. The summed E-state index contributed by atoms with van der Waals surface area (Å²) in [6.45, 7) is 7.03. The minimum atomic E-state index is -1.12. The van der Waals surface area contributed by atoms with Crippen molar-refractivity contribution in [1.82, 2.24) is 0 Å². The maximum atomic E-state index is 12.4. The Morgan fingerprint density at radius 2 is 1.79 bits per heavy atom. The highest BCUT2D eigenvalue weighted by atomic mass is 16.8. The van der Waals surface area contributed by atoms with E-state index in [0.29, 0.717) is 12.0 Å². The maximum Gasteiger partial charge on any atom is 0.340 e. The van der Waals surface area contributed by atoms with Gasteiger partial charge in [0.15, 0.2) is 12.6 Å². The number of carboxylic acid groups (broad SMARTS) is 1. The first-order valence-corrected chi connectivity index (χ1v) is 12.7. The summed E-state index contributed by atoms with van der Waals surface area (Å²) in [5, 5.41) is 30.7. The number of methoxy groups -OCH3 is 1. The number of aliphatic hydroxyl groups excluding tert-OH is 2. The van der Waals surface area contributed by atoms with E-state index in [4.69, 9.17) is 18.9 Å². The second-order valence-electron chi connectivity index (χ2n) is 9.87. The molecule has 5 atom stereocenters. The van der Waals surface area contributed by atoms with Crippen LogP contribution >= 0.6 is 0 Å². The first kappa shape index (κ1) is 29.5. The van der Waals surface area contributed by atoms with E-state index in [-0.39, 0.29) is 24.0 Å². The standard InChI is InChI=1S/C30H38O8/c1-19(20(2)31)14-16-24(32)28-26(37-30(3,4)38-28)13-9-12-23-22(21-10-7-6-8-11-21)15-17-25(36-18-35-5)27(23)29(33)34/h6-12,14-17,19-20,24,26,28,31-32H,13,18H2,1-5H3,(H,33,34)/t19-,20+,24?,26+,28-/m1/s1. The molecule has 206 valence electrons. The topological polar surface area (TPSA) is 115 Å². The van der Waals surface area contributed by atoms with E-state index < -0.39 is 36.2 Å². The predicted molar refractivity (Wildman–Crippen MR) is 145 cm³/mol. The molecule has 8 heteroatoms. The van der Waals surface area contributed by atoms with Gasteiger partial charge in [0.25, 0.3) is 0 Å². The minimum Gasteiger partial charge on any atom is -0.478 e. The van der Waals surface area contributed by atoms with Crippen LogP contribution in [0.2, 0.25) is 0 Å². The van der Waals surface area contributed by atoms with Gasteiger partial charge in [-0.15, -0.1) is 0 Å². The summed E-state index contributed by atoms with van der Waals surface area (Å²) in [6.07, 6.45) is 4.70. The van der Waals surface area contributed by atoms with Crippen LogP contribution in [-0.2, 0) is 14.2 Å². The SMILES string of the molecule is COCOc1ccc(-c2ccccc2)c(C=CC[C@@H]2OC(C)(C)O[C@@H]2C(O)C=C[C@@H](C)[C@H](C)O)c1C(=O)O. The molecule has 0 aliphatic carbocycles. The molecule has 38 heavy (non-hydrogen) atoms. The lowest BCUT2D eigenvalue weighted by molar-refractivity contribution is -0.152. The molecule has 0 aromatic heterocycles. The molecule has 2 aromatic carbocycles. The van der Waals surface area contributed by atoms with E-state index in [9.17, 15) is 20.1 Å². The molecular formula is C30H38O8. The van der Waals surface area contributed by atoms with Gasteiger partial charge in [-0.1, -0.05) is 67.6 Å². The molecule has 1 fully saturated rings. The fourth-order valence-corrected chi connectivity index (χ4v) is 4.32. The van der Waals surface area contributed by atoms with Gasteiger partial charge >= 0.3 is 5.97 Å². The van der Waals surface area contributed by atoms with E-state index in [1.807, 2.05) is 49.4 Å². The van der Waals surface area contributed by atoms with Crippen molar-refractivity contribution >= 4 is 12.0 Å².